The van der Waals surface area contributed by atoms with Gasteiger partial charge in [-0.15, -0.1) is 0 Å². The minimum atomic E-state index is -0.936. The molecule has 0 saturated carbocycles. The van der Waals surface area contributed by atoms with Gasteiger partial charge in [0.2, 0.25) is 0 Å². The van der Waals surface area contributed by atoms with E-state index in [1.165, 1.54) is 12.1 Å². The second-order valence-electron chi connectivity index (χ2n) is 6.07. The summed E-state index contributed by atoms with van der Waals surface area (Å²) in [4.78, 5) is 23.7. The number of esters is 2. The molecule has 1 aromatic carbocycles. The number of hydrogen-bond acceptors (Lipinski definition) is 7. The molecule has 4 N–H and O–H groups in total. The van der Waals surface area contributed by atoms with Crippen molar-refractivity contribution in [1.82, 2.24) is 0 Å². The molecule has 25 heavy (non-hydrogen) atoms. The van der Waals surface area contributed by atoms with Crippen LogP contribution in [0.3, 0.4) is 0 Å². The molecule has 0 aliphatic heterocycles. The van der Waals surface area contributed by atoms with Gasteiger partial charge in [-0.3, -0.25) is 9.59 Å². The van der Waals surface area contributed by atoms with Gasteiger partial charge in [0.25, 0.3) is 0 Å². The molecule has 7 nitrogen and oxygen atoms in total. The molecule has 0 amide bonds. The quantitative estimate of drug-likeness (QED) is 0.459. The third kappa shape index (κ3) is 7.01. The summed E-state index contributed by atoms with van der Waals surface area (Å²) in [7, 11) is 0. The lowest BCUT2D eigenvalue weighted by Crippen LogP contribution is -2.39. The van der Waals surface area contributed by atoms with E-state index in [1.54, 1.807) is 19.9 Å². The smallest absolute Gasteiger partial charge is 0.323 e. The first kappa shape index (κ1) is 20.8. The number of phenolic OH excluding ortho intramolecular Hbond substituents is 2. The highest BCUT2D eigenvalue weighted by atomic mass is 16.6. The largest absolute Gasteiger partial charge is 0.504 e. The molecule has 3 atom stereocenters. The van der Waals surface area contributed by atoms with E-state index in [4.69, 9.17) is 15.2 Å². The summed E-state index contributed by atoms with van der Waals surface area (Å²) in [6.07, 6.45) is 0.936. The van der Waals surface area contributed by atoms with Crippen LogP contribution in [0.15, 0.2) is 18.2 Å². The van der Waals surface area contributed by atoms with Crippen molar-refractivity contribution in [3.05, 3.63) is 23.8 Å². The number of aromatic hydroxyl groups is 2. The van der Waals surface area contributed by atoms with Gasteiger partial charge in [0, 0.05) is 6.42 Å². The highest BCUT2D eigenvalue weighted by Gasteiger charge is 2.24. The monoisotopic (exact) mass is 353 g/mol. The Bertz CT molecular complexity index is 589. The van der Waals surface area contributed by atoms with Crippen LogP contribution < -0.4 is 5.73 Å². The third-order valence-electron chi connectivity index (χ3n) is 3.81. The highest BCUT2D eigenvalue weighted by molar-refractivity contribution is 5.76. The number of carbonyl (C=O) groups is 2. The average Bonchev–Trinajstić information content (AvgIpc) is 2.56. The minimum Gasteiger partial charge on any atom is -0.504 e. The van der Waals surface area contributed by atoms with Crippen LogP contribution in [0.4, 0.5) is 0 Å². The van der Waals surface area contributed by atoms with Gasteiger partial charge in [0.05, 0.1) is 0 Å². The van der Waals surface area contributed by atoms with Crippen molar-refractivity contribution in [2.45, 2.75) is 64.7 Å². The molecule has 0 heterocycles. The first-order chi connectivity index (χ1) is 11.7. The minimum absolute atomic E-state index is 0.143. The van der Waals surface area contributed by atoms with Crippen LogP contribution in [0.1, 0.15) is 45.6 Å². The zero-order valence-electron chi connectivity index (χ0n) is 14.9. The zero-order chi connectivity index (χ0) is 19.0. The molecular formula is C18H27NO6. The molecular weight excluding hydrogens is 326 g/mol. The Morgan fingerprint density at radius 3 is 2.36 bits per heavy atom. The van der Waals surface area contributed by atoms with Gasteiger partial charge in [-0.25, -0.2) is 0 Å². The van der Waals surface area contributed by atoms with Crippen LogP contribution in [0, 0.1) is 0 Å². The van der Waals surface area contributed by atoms with E-state index in [0.29, 0.717) is 12.0 Å². The Balaban J connectivity index is 2.50. The van der Waals surface area contributed by atoms with Gasteiger partial charge in [-0.1, -0.05) is 19.4 Å². The fourth-order valence-corrected chi connectivity index (χ4v) is 2.08. The number of nitrogens with two attached hydrogens (primary N) is 1. The second kappa shape index (κ2) is 9.88. The van der Waals surface area contributed by atoms with E-state index in [-0.39, 0.29) is 23.9 Å². The van der Waals surface area contributed by atoms with Gasteiger partial charge in [-0.05, 0) is 44.4 Å². The maximum Gasteiger partial charge on any atom is 0.323 e. The van der Waals surface area contributed by atoms with Crippen LogP contribution in [-0.4, -0.2) is 40.4 Å². The van der Waals surface area contributed by atoms with Crippen molar-refractivity contribution in [3.63, 3.8) is 0 Å². The number of rotatable bonds is 9. The zero-order valence-corrected chi connectivity index (χ0v) is 14.9. The molecule has 0 saturated heterocycles. The number of carbonyl (C=O) groups excluding carboxylic acids is 2. The number of hydrogen-bond donors (Lipinski definition) is 3. The SMILES string of the molecule is CCCCC(=O)O[C@@H](C)[C@H](C)OC(=O)[C@@H](N)Cc1ccc(O)c(O)c1. The van der Waals surface area contributed by atoms with E-state index in [1.807, 2.05) is 6.92 Å². The van der Waals surface area contributed by atoms with E-state index in [2.05, 4.69) is 0 Å². The molecule has 0 aliphatic carbocycles. The lowest BCUT2D eigenvalue weighted by atomic mass is 10.1. The molecule has 0 radical (unpaired) electrons. The first-order valence-electron chi connectivity index (χ1n) is 8.41. The number of phenols is 2. The van der Waals surface area contributed by atoms with E-state index < -0.39 is 24.2 Å². The second-order valence-corrected chi connectivity index (χ2v) is 6.07. The summed E-state index contributed by atoms with van der Waals surface area (Å²) in [5, 5.41) is 18.7. The van der Waals surface area contributed by atoms with Gasteiger partial charge in [-0.2, -0.15) is 0 Å². The van der Waals surface area contributed by atoms with Crippen molar-refractivity contribution >= 4 is 11.9 Å². The van der Waals surface area contributed by atoms with Gasteiger partial charge < -0.3 is 25.4 Å². The van der Waals surface area contributed by atoms with Crippen LogP contribution >= 0.6 is 0 Å². The van der Waals surface area contributed by atoms with Crippen molar-refractivity contribution < 1.29 is 29.3 Å². The number of ether oxygens (including phenoxy) is 2. The molecule has 7 heteroatoms. The summed E-state index contributed by atoms with van der Waals surface area (Å²) in [5.41, 5.74) is 6.42. The molecule has 0 fully saturated rings. The predicted molar refractivity (Wildman–Crippen MR) is 92.1 cm³/mol. The van der Waals surface area contributed by atoms with Crippen molar-refractivity contribution in [1.29, 1.82) is 0 Å². The van der Waals surface area contributed by atoms with E-state index in [0.717, 1.165) is 12.8 Å². The lowest BCUT2D eigenvalue weighted by molar-refractivity contribution is -0.166. The van der Waals surface area contributed by atoms with Crippen LogP contribution in [-0.2, 0) is 25.5 Å². The molecule has 1 aromatic rings. The van der Waals surface area contributed by atoms with Crippen molar-refractivity contribution in [3.8, 4) is 11.5 Å². The summed E-state index contributed by atoms with van der Waals surface area (Å²) in [5.74, 6) is -1.47. The third-order valence-corrected chi connectivity index (χ3v) is 3.81. The van der Waals surface area contributed by atoms with Gasteiger partial charge in [0.15, 0.2) is 11.5 Å². The van der Waals surface area contributed by atoms with E-state index >= 15 is 0 Å². The van der Waals surface area contributed by atoms with Crippen molar-refractivity contribution in [2.24, 2.45) is 5.73 Å². The molecule has 140 valence electrons. The Morgan fingerprint density at radius 2 is 1.76 bits per heavy atom. The summed E-state index contributed by atoms with van der Waals surface area (Å²) in [6, 6.07) is 3.28. The summed E-state index contributed by atoms with van der Waals surface area (Å²) in [6.45, 7) is 5.27. The highest BCUT2D eigenvalue weighted by Crippen LogP contribution is 2.25. The summed E-state index contributed by atoms with van der Waals surface area (Å²) >= 11 is 0. The van der Waals surface area contributed by atoms with E-state index in [9.17, 15) is 19.8 Å². The first-order valence-corrected chi connectivity index (χ1v) is 8.41. The molecule has 0 aromatic heterocycles. The molecule has 0 unspecified atom stereocenters. The Hall–Kier alpha value is -2.28. The van der Waals surface area contributed by atoms with Crippen LogP contribution in [0.25, 0.3) is 0 Å². The van der Waals surface area contributed by atoms with Crippen molar-refractivity contribution in [2.75, 3.05) is 0 Å². The predicted octanol–water partition coefficient (Wildman–Crippen LogP) is 2.02. The fraction of sp³-hybridized carbons (Fsp3) is 0.556. The normalized spacial score (nSPS) is 14.4. The Kier molecular flexibility index (Phi) is 8.21. The number of benzene rings is 1. The molecule has 0 bridgehead atoms. The molecule has 0 aliphatic rings. The summed E-state index contributed by atoms with van der Waals surface area (Å²) < 4.78 is 10.5. The van der Waals surface area contributed by atoms with Gasteiger partial charge >= 0.3 is 11.9 Å². The lowest BCUT2D eigenvalue weighted by Gasteiger charge is -2.22. The molecule has 1 rings (SSSR count). The average molecular weight is 353 g/mol. The maximum atomic E-state index is 12.1. The number of unbranched alkanes of at least 4 members (excludes halogenated alkanes) is 1. The maximum absolute atomic E-state index is 12.1. The Morgan fingerprint density at radius 1 is 1.12 bits per heavy atom. The van der Waals surface area contributed by atoms with Gasteiger partial charge in [0.1, 0.15) is 18.2 Å². The topological polar surface area (TPSA) is 119 Å². The standard InChI is InChI=1S/C18H27NO6/c1-4-5-6-17(22)24-11(2)12(3)25-18(23)14(19)9-13-7-8-15(20)16(21)10-13/h7-8,10-12,14,20-21H,4-6,9,19H2,1-3H3/t11-,12-,14-/m0/s1. The van der Waals surface area contributed by atoms with Crippen LogP contribution in [0.5, 0.6) is 11.5 Å². The Labute approximate surface area is 147 Å². The molecule has 0 spiro atoms. The fourth-order valence-electron chi connectivity index (χ4n) is 2.08. The van der Waals surface area contributed by atoms with Crippen LogP contribution in [0.2, 0.25) is 0 Å².